The topological polar surface area (TPSA) is 56.7 Å². The molecule has 0 radical (unpaired) electrons. The summed E-state index contributed by atoms with van der Waals surface area (Å²) >= 11 is 6.07. The van der Waals surface area contributed by atoms with Gasteiger partial charge in [0.05, 0.1) is 28.8 Å². The van der Waals surface area contributed by atoms with Gasteiger partial charge < -0.3 is 5.73 Å². The van der Waals surface area contributed by atoms with Gasteiger partial charge in [0.15, 0.2) is 0 Å². The largest absolute Gasteiger partial charge is 0.397 e. The Labute approximate surface area is 99.1 Å². The van der Waals surface area contributed by atoms with Gasteiger partial charge in [-0.05, 0) is 19.9 Å². The summed E-state index contributed by atoms with van der Waals surface area (Å²) in [5.41, 5.74) is 7.76. The molecule has 2 rings (SSSR count). The molecule has 2 aromatic heterocycles. The standard InChI is InChI=1S/C11H13ClN4/c1-7(2)16-6-8(4-15-16)11-10(12)3-9(13)5-14-11/h3-7H,13H2,1-2H3. The summed E-state index contributed by atoms with van der Waals surface area (Å²) in [6.45, 7) is 4.13. The lowest BCUT2D eigenvalue weighted by atomic mass is 10.2. The van der Waals surface area contributed by atoms with Crippen LogP contribution in [-0.4, -0.2) is 14.8 Å². The Morgan fingerprint density at radius 1 is 1.38 bits per heavy atom. The maximum atomic E-state index is 6.07. The predicted octanol–water partition coefficient (Wildman–Crippen LogP) is 2.76. The molecule has 0 unspecified atom stereocenters. The van der Waals surface area contributed by atoms with Crippen molar-refractivity contribution in [3.05, 3.63) is 29.7 Å². The van der Waals surface area contributed by atoms with Crippen LogP contribution in [0.3, 0.4) is 0 Å². The van der Waals surface area contributed by atoms with Crippen molar-refractivity contribution in [1.29, 1.82) is 0 Å². The average Bonchev–Trinajstić information content (AvgIpc) is 2.66. The van der Waals surface area contributed by atoms with Crippen molar-refractivity contribution >= 4 is 17.3 Å². The molecule has 0 aromatic carbocycles. The number of nitrogens with two attached hydrogens (primary N) is 1. The van der Waals surface area contributed by atoms with E-state index in [1.54, 1.807) is 18.5 Å². The Bertz CT molecular complexity index is 504. The first-order valence-electron chi connectivity index (χ1n) is 5.03. The molecule has 2 heterocycles. The van der Waals surface area contributed by atoms with Crippen LogP contribution in [0.4, 0.5) is 5.69 Å². The van der Waals surface area contributed by atoms with E-state index >= 15 is 0 Å². The molecule has 0 atom stereocenters. The summed E-state index contributed by atoms with van der Waals surface area (Å²) in [6.07, 6.45) is 5.27. The summed E-state index contributed by atoms with van der Waals surface area (Å²) in [4.78, 5) is 4.21. The molecule has 5 heteroatoms. The van der Waals surface area contributed by atoms with E-state index in [-0.39, 0.29) is 0 Å². The smallest absolute Gasteiger partial charge is 0.0921 e. The van der Waals surface area contributed by atoms with Gasteiger partial charge in [0.25, 0.3) is 0 Å². The highest BCUT2D eigenvalue weighted by atomic mass is 35.5. The van der Waals surface area contributed by atoms with E-state index in [1.807, 2.05) is 10.9 Å². The van der Waals surface area contributed by atoms with Crippen molar-refractivity contribution in [1.82, 2.24) is 14.8 Å². The number of rotatable bonds is 2. The van der Waals surface area contributed by atoms with Crippen LogP contribution in [-0.2, 0) is 0 Å². The van der Waals surface area contributed by atoms with E-state index < -0.39 is 0 Å². The van der Waals surface area contributed by atoms with Crippen molar-refractivity contribution in [2.45, 2.75) is 19.9 Å². The van der Waals surface area contributed by atoms with E-state index in [1.165, 1.54) is 0 Å². The lowest BCUT2D eigenvalue weighted by Gasteiger charge is -2.03. The maximum Gasteiger partial charge on any atom is 0.0921 e. The van der Waals surface area contributed by atoms with Crippen LogP contribution in [0, 0.1) is 0 Å². The number of aromatic nitrogens is 3. The molecule has 0 bridgehead atoms. The first kappa shape index (κ1) is 11.0. The first-order valence-corrected chi connectivity index (χ1v) is 5.41. The van der Waals surface area contributed by atoms with Gasteiger partial charge in [-0.15, -0.1) is 0 Å². The van der Waals surface area contributed by atoms with Crippen molar-refractivity contribution in [3.63, 3.8) is 0 Å². The maximum absolute atomic E-state index is 6.07. The Hall–Kier alpha value is -1.55. The van der Waals surface area contributed by atoms with Gasteiger partial charge in [0.1, 0.15) is 0 Å². The molecule has 0 aliphatic heterocycles. The van der Waals surface area contributed by atoms with E-state index in [9.17, 15) is 0 Å². The minimum Gasteiger partial charge on any atom is -0.397 e. The highest BCUT2D eigenvalue weighted by molar-refractivity contribution is 6.33. The van der Waals surface area contributed by atoms with Crippen LogP contribution in [0.25, 0.3) is 11.3 Å². The molecule has 0 saturated heterocycles. The molecule has 2 N–H and O–H groups in total. The first-order chi connectivity index (χ1) is 7.58. The Morgan fingerprint density at radius 2 is 2.12 bits per heavy atom. The Balaban J connectivity index is 2.42. The van der Waals surface area contributed by atoms with E-state index in [0.717, 1.165) is 5.56 Å². The van der Waals surface area contributed by atoms with Crippen LogP contribution in [0.15, 0.2) is 24.7 Å². The fourth-order valence-corrected chi connectivity index (χ4v) is 1.69. The van der Waals surface area contributed by atoms with Gasteiger partial charge >= 0.3 is 0 Å². The molecule has 16 heavy (non-hydrogen) atoms. The van der Waals surface area contributed by atoms with E-state index in [2.05, 4.69) is 23.9 Å². The van der Waals surface area contributed by atoms with Crippen molar-refractivity contribution < 1.29 is 0 Å². The molecule has 4 nitrogen and oxygen atoms in total. The SMILES string of the molecule is CC(C)n1cc(-c2ncc(N)cc2Cl)cn1. The normalized spacial score (nSPS) is 11.0. The summed E-state index contributed by atoms with van der Waals surface area (Å²) in [5.74, 6) is 0. The average molecular weight is 237 g/mol. The fourth-order valence-electron chi connectivity index (χ4n) is 1.41. The number of hydrogen-bond acceptors (Lipinski definition) is 3. The molecular formula is C11H13ClN4. The van der Waals surface area contributed by atoms with Crippen LogP contribution in [0.2, 0.25) is 5.02 Å². The molecule has 84 valence electrons. The van der Waals surface area contributed by atoms with E-state index in [4.69, 9.17) is 17.3 Å². The molecule has 2 aromatic rings. The van der Waals surface area contributed by atoms with Gasteiger partial charge in [0, 0.05) is 17.8 Å². The third-order valence-electron chi connectivity index (χ3n) is 2.27. The molecule has 0 saturated carbocycles. The highest BCUT2D eigenvalue weighted by Crippen LogP contribution is 2.27. The second-order valence-corrected chi connectivity index (χ2v) is 4.31. The lowest BCUT2D eigenvalue weighted by molar-refractivity contribution is 0.532. The number of hydrogen-bond donors (Lipinski definition) is 1. The molecule has 0 aliphatic rings. The van der Waals surface area contributed by atoms with Gasteiger partial charge in [0.2, 0.25) is 0 Å². The third-order valence-corrected chi connectivity index (χ3v) is 2.55. The fraction of sp³-hybridized carbons (Fsp3) is 0.273. The highest BCUT2D eigenvalue weighted by Gasteiger charge is 2.09. The lowest BCUT2D eigenvalue weighted by Crippen LogP contribution is -1.99. The summed E-state index contributed by atoms with van der Waals surface area (Å²) in [6, 6.07) is 2.01. The predicted molar refractivity (Wildman–Crippen MR) is 65.3 cm³/mol. The van der Waals surface area contributed by atoms with Crippen LogP contribution in [0.5, 0.6) is 0 Å². The molecular weight excluding hydrogens is 224 g/mol. The van der Waals surface area contributed by atoms with Gasteiger partial charge in [-0.1, -0.05) is 11.6 Å². The molecule has 0 fully saturated rings. The zero-order valence-electron chi connectivity index (χ0n) is 9.18. The van der Waals surface area contributed by atoms with Crippen molar-refractivity contribution in [2.75, 3.05) is 5.73 Å². The summed E-state index contributed by atoms with van der Waals surface area (Å²) in [7, 11) is 0. The van der Waals surface area contributed by atoms with Crippen LogP contribution < -0.4 is 5.73 Å². The summed E-state index contributed by atoms with van der Waals surface area (Å²) in [5, 5.41) is 4.79. The number of nitrogen functional groups attached to an aromatic ring is 1. The molecule has 0 aliphatic carbocycles. The molecule has 0 amide bonds. The number of pyridine rings is 1. The van der Waals surface area contributed by atoms with Gasteiger partial charge in [-0.3, -0.25) is 9.67 Å². The van der Waals surface area contributed by atoms with Crippen molar-refractivity contribution in [2.24, 2.45) is 0 Å². The zero-order chi connectivity index (χ0) is 11.7. The number of nitrogens with zero attached hydrogens (tertiary/aromatic N) is 3. The van der Waals surface area contributed by atoms with Gasteiger partial charge in [-0.2, -0.15) is 5.10 Å². The van der Waals surface area contributed by atoms with Crippen LogP contribution >= 0.6 is 11.6 Å². The second-order valence-electron chi connectivity index (χ2n) is 3.90. The van der Waals surface area contributed by atoms with E-state index in [0.29, 0.717) is 22.4 Å². The zero-order valence-corrected chi connectivity index (χ0v) is 9.94. The summed E-state index contributed by atoms with van der Waals surface area (Å²) < 4.78 is 1.86. The Kier molecular flexibility index (Phi) is 2.83. The Morgan fingerprint density at radius 3 is 2.69 bits per heavy atom. The minimum atomic E-state index is 0.321. The third kappa shape index (κ3) is 2.02. The minimum absolute atomic E-state index is 0.321. The monoisotopic (exact) mass is 236 g/mol. The van der Waals surface area contributed by atoms with Crippen molar-refractivity contribution in [3.8, 4) is 11.3 Å². The quantitative estimate of drug-likeness (QED) is 0.872. The van der Waals surface area contributed by atoms with Crippen LogP contribution in [0.1, 0.15) is 19.9 Å². The second kappa shape index (κ2) is 4.14. The number of anilines is 1. The number of halogens is 1. The molecule has 0 spiro atoms. The van der Waals surface area contributed by atoms with Gasteiger partial charge in [-0.25, -0.2) is 0 Å².